The minimum absolute atomic E-state index is 0.0972. The van der Waals surface area contributed by atoms with Gasteiger partial charge in [0.1, 0.15) is 0 Å². The van der Waals surface area contributed by atoms with Crippen molar-refractivity contribution >= 4 is 20.8 Å². The molecule has 6 heteroatoms. The molecule has 1 saturated heterocycles. The molecule has 2 aromatic carbocycles. The number of aromatic nitrogens is 1. The smallest absolute Gasteiger partial charge is 0.243 e. The molecule has 128 valence electrons. The maximum absolute atomic E-state index is 13.2. The summed E-state index contributed by atoms with van der Waals surface area (Å²) in [6.45, 7) is 0.829. The summed E-state index contributed by atoms with van der Waals surface area (Å²) in [7, 11) is -3.60. The first kappa shape index (κ1) is 16.2. The van der Waals surface area contributed by atoms with E-state index >= 15 is 0 Å². The zero-order valence-electron chi connectivity index (χ0n) is 13.7. The van der Waals surface area contributed by atoms with Crippen molar-refractivity contribution in [3.05, 3.63) is 60.9 Å². The van der Waals surface area contributed by atoms with Crippen molar-refractivity contribution in [2.24, 2.45) is 5.73 Å². The van der Waals surface area contributed by atoms with Crippen LogP contribution in [-0.2, 0) is 10.0 Å². The molecule has 0 aliphatic carbocycles. The third-order valence-corrected chi connectivity index (χ3v) is 6.54. The Bertz CT molecular complexity index is 1010. The summed E-state index contributed by atoms with van der Waals surface area (Å²) in [6.07, 6.45) is 4.13. The number of rotatable bonds is 3. The van der Waals surface area contributed by atoms with Crippen LogP contribution in [0.15, 0.2) is 65.8 Å². The Morgan fingerprint density at radius 3 is 2.56 bits per heavy atom. The van der Waals surface area contributed by atoms with Gasteiger partial charge in [0.05, 0.1) is 4.90 Å². The Balaban J connectivity index is 1.96. The lowest BCUT2D eigenvalue weighted by molar-refractivity contribution is 0.473. The highest BCUT2D eigenvalue weighted by molar-refractivity contribution is 7.89. The predicted octanol–water partition coefficient (Wildman–Crippen LogP) is 2.62. The van der Waals surface area contributed by atoms with E-state index in [9.17, 15) is 8.42 Å². The van der Waals surface area contributed by atoms with Crippen LogP contribution in [0.5, 0.6) is 0 Å². The van der Waals surface area contributed by atoms with Crippen LogP contribution >= 0.6 is 0 Å². The molecule has 1 aliphatic heterocycles. The summed E-state index contributed by atoms with van der Waals surface area (Å²) < 4.78 is 27.9. The van der Waals surface area contributed by atoms with Gasteiger partial charge >= 0.3 is 0 Å². The highest BCUT2D eigenvalue weighted by Crippen LogP contribution is 2.34. The van der Waals surface area contributed by atoms with Crippen molar-refractivity contribution < 1.29 is 8.42 Å². The molecule has 25 heavy (non-hydrogen) atoms. The lowest BCUT2D eigenvalue weighted by Crippen LogP contribution is -2.32. The molecule has 5 nitrogen and oxygen atoms in total. The molecule has 1 aromatic heterocycles. The van der Waals surface area contributed by atoms with Gasteiger partial charge in [0.2, 0.25) is 10.0 Å². The normalized spacial score (nSPS) is 18.7. The molecule has 2 heterocycles. The molecule has 1 unspecified atom stereocenters. The molecule has 3 aromatic rings. The molecule has 1 aliphatic rings. The summed E-state index contributed by atoms with van der Waals surface area (Å²) >= 11 is 0. The third kappa shape index (κ3) is 2.82. The Kier molecular flexibility index (Phi) is 4.03. The van der Waals surface area contributed by atoms with E-state index in [1.54, 1.807) is 24.5 Å². The second-order valence-electron chi connectivity index (χ2n) is 6.32. The zero-order chi connectivity index (χ0) is 17.4. The molecular formula is C19H19N3O2S. The second-order valence-corrected chi connectivity index (χ2v) is 8.23. The van der Waals surface area contributed by atoms with Crippen LogP contribution in [0.3, 0.4) is 0 Å². The summed E-state index contributed by atoms with van der Waals surface area (Å²) in [5.41, 5.74) is 7.68. The predicted molar refractivity (Wildman–Crippen MR) is 98.5 cm³/mol. The highest BCUT2D eigenvalue weighted by atomic mass is 32.2. The molecule has 0 amide bonds. The molecule has 1 fully saturated rings. The number of pyridine rings is 1. The molecule has 4 rings (SSSR count). The second kappa shape index (κ2) is 6.22. The van der Waals surface area contributed by atoms with E-state index in [-0.39, 0.29) is 6.04 Å². The Labute approximate surface area is 147 Å². The first-order valence-corrected chi connectivity index (χ1v) is 9.69. The van der Waals surface area contributed by atoms with Gasteiger partial charge in [-0.2, -0.15) is 4.31 Å². The van der Waals surface area contributed by atoms with E-state index in [1.165, 1.54) is 4.31 Å². The maximum atomic E-state index is 13.2. The van der Waals surface area contributed by atoms with E-state index in [2.05, 4.69) is 4.98 Å². The average Bonchev–Trinajstić information content (AvgIpc) is 3.08. The van der Waals surface area contributed by atoms with Gasteiger partial charge < -0.3 is 5.73 Å². The van der Waals surface area contributed by atoms with E-state index < -0.39 is 10.0 Å². The van der Waals surface area contributed by atoms with Gasteiger partial charge in [0, 0.05) is 47.9 Å². The minimum atomic E-state index is -3.60. The van der Waals surface area contributed by atoms with E-state index in [0.29, 0.717) is 29.8 Å². The van der Waals surface area contributed by atoms with E-state index in [0.717, 1.165) is 16.5 Å². The fourth-order valence-corrected chi connectivity index (χ4v) is 5.11. The van der Waals surface area contributed by atoms with Crippen LogP contribution in [0.1, 0.15) is 6.42 Å². The van der Waals surface area contributed by atoms with E-state index in [4.69, 9.17) is 5.73 Å². The SMILES string of the molecule is NC1CCN(S(=O)(=O)c2cccc3cncc(-c4ccccc4)c23)C1. The van der Waals surface area contributed by atoms with Crippen molar-refractivity contribution in [1.29, 1.82) is 0 Å². The fraction of sp³-hybridized carbons (Fsp3) is 0.211. The Hall–Kier alpha value is -2.28. The standard InChI is InChI=1S/C19H19N3O2S/c20-16-9-10-22(13-16)25(23,24)18-8-4-7-15-11-21-12-17(19(15)18)14-5-2-1-3-6-14/h1-8,11-12,16H,9-10,13,20H2. The van der Waals surface area contributed by atoms with Crippen molar-refractivity contribution in [1.82, 2.24) is 9.29 Å². The number of nitrogens with two attached hydrogens (primary N) is 1. The van der Waals surface area contributed by atoms with Gasteiger partial charge in [0.15, 0.2) is 0 Å². The largest absolute Gasteiger partial charge is 0.326 e. The lowest BCUT2D eigenvalue weighted by atomic mass is 10.0. The lowest BCUT2D eigenvalue weighted by Gasteiger charge is -2.18. The molecule has 0 bridgehead atoms. The summed E-state index contributed by atoms with van der Waals surface area (Å²) in [5, 5.41) is 1.52. The Morgan fingerprint density at radius 2 is 1.84 bits per heavy atom. The first-order valence-electron chi connectivity index (χ1n) is 8.25. The quantitative estimate of drug-likeness (QED) is 0.785. The molecule has 0 saturated carbocycles. The van der Waals surface area contributed by atoms with Gasteiger partial charge in [-0.15, -0.1) is 0 Å². The first-order chi connectivity index (χ1) is 12.1. The number of fused-ring (bicyclic) bond motifs is 1. The Morgan fingerprint density at radius 1 is 1.04 bits per heavy atom. The van der Waals surface area contributed by atoms with Crippen LogP contribution in [0, 0.1) is 0 Å². The van der Waals surface area contributed by atoms with Crippen LogP contribution in [0.4, 0.5) is 0 Å². The van der Waals surface area contributed by atoms with Crippen molar-refractivity contribution in [2.45, 2.75) is 17.4 Å². The van der Waals surface area contributed by atoms with Gasteiger partial charge in [-0.05, 0) is 18.1 Å². The third-order valence-electron chi connectivity index (χ3n) is 4.64. The number of sulfonamides is 1. The van der Waals surface area contributed by atoms with Gasteiger partial charge in [-0.25, -0.2) is 8.42 Å². The van der Waals surface area contributed by atoms with Gasteiger partial charge in [-0.3, -0.25) is 4.98 Å². The number of hydrogen-bond donors (Lipinski definition) is 1. The molecule has 0 spiro atoms. The summed E-state index contributed by atoms with van der Waals surface area (Å²) in [5.74, 6) is 0. The fourth-order valence-electron chi connectivity index (χ4n) is 3.36. The molecule has 0 radical (unpaired) electrons. The maximum Gasteiger partial charge on any atom is 0.243 e. The number of hydrogen-bond acceptors (Lipinski definition) is 4. The summed E-state index contributed by atoms with van der Waals surface area (Å²) in [6, 6.07) is 15.0. The number of nitrogens with zero attached hydrogens (tertiary/aromatic N) is 2. The zero-order valence-corrected chi connectivity index (χ0v) is 14.5. The number of benzene rings is 2. The van der Waals surface area contributed by atoms with Gasteiger partial charge in [0.25, 0.3) is 0 Å². The van der Waals surface area contributed by atoms with Crippen LogP contribution in [0.25, 0.3) is 21.9 Å². The summed E-state index contributed by atoms with van der Waals surface area (Å²) in [4.78, 5) is 4.61. The van der Waals surface area contributed by atoms with E-state index in [1.807, 2.05) is 36.4 Å². The minimum Gasteiger partial charge on any atom is -0.326 e. The molecular weight excluding hydrogens is 334 g/mol. The molecule has 1 atom stereocenters. The van der Waals surface area contributed by atoms with Crippen molar-refractivity contribution in [3.8, 4) is 11.1 Å². The van der Waals surface area contributed by atoms with Gasteiger partial charge in [-0.1, -0.05) is 42.5 Å². The van der Waals surface area contributed by atoms with Crippen molar-refractivity contribution in [2.75, 3.05) is 13.1 Å². The van der Waals surface area contributed by atoms with Crippen molar-refractivity contribution in [3.63, 3.8) is 0 Å². The monoisotopic (exact) mass is 353 g/mol. The topological polar surface area (TPSA) is 76.3 Å². The van der Waals surface area contributed by atoms with Crippen LogP contribution in [0.2, 0.25) is 0 Å². The van der Waals surface area contributed by atoms with Crippen LogP contribution in [-0.4, -0.2) is 36.8 Å². The van der Waals surface area contributed by atoms with Crippen LogP contribution < -0.4 is 5.73 Å². The molecule has 2 N–H and O–H groups in total. The highest BCUT2D eigenvalue weighted by Gasteiger charge is 2.32. The average molecular weight is 353 g/mol.